The molecule has 3 rings (SSSR count). The smallest absolute Gasteiger partial charge is 0.414 e. The van der Waals surface area contributed by atoms with E-state index < -0.39 is 22.5 Å². The summed E-state index contributed by atoms with van der Waals surface area (Å²) >= 11 is 0. The Bertz CT molecular complexity index is 764. The Balaban J connectivity index is 1.76. The van der Waals surface area contributed by atoms with Gasteiger partial charge in [0, 0.05) is 18.2 Å². The van der Waals surface area contributed by atoms with Gasteiger partial charge in [-0.05, 0) is 18.1 Å². The van der Waals surface area contributed by atoms with Gasteiger partial charge in [0.25, 0.3) is 0 Å². The van der Waals surface area contributed by atoms with E-state index in [1.165, 1.54) is 11.0 Å². The average molecular weight is 316 g/mol. The first kappa shape index (κ1) is 15.0. The molecule has 0 bridgehead atoms. The van der Waals surface area contributed by atoms with E-state index in [-0.39, 0.29) is 25.1 Å². The number of nitro groups is 1. The zero-order chi connectivity index (χ0) is 16.4. The summed E-state index contributed by atoms with van der Waals surface area (Å²) in [5.74, 6) is -0.883. The Hall–Kier alpha value is -2.96. The Morgan fingerprint density at radius 1 is 1.26 bits per heavy atom. The maximum Gasteiger partial charge on any atom is 0.414 e. The van der Waals surface area contributed by atoms with Gasteiger partial charge in [0.2, 0.25) is 5.82 Å². The Morgan fingerprint density at radius 3 is 2.70 bits per heavy atom. The fourth-order valence-corrected chi connectivity index (χ4v) is 2.56. The molecule has 6 nitrogen and oxygen atoms in total. The summed E-state index contributed by atoms with van der Waals surface area (Å²) in [6.07, 6.45) is -0.371. The number of rotatable bonds is 3. The quantitative estimate of drug-likeness (QED) is 0.642. The van der Waals surface area contributed by atoms with E-state index in [9.17, 15) is 19.3 Å². The number of carbonyl (C=O) groups is 1. The van der Waals surface area contributed by atoms with Gasteiger partial charge < -0.3 is 4.74 Å². The molecule has 0 aliphatic carbocycles. The molecule has 1 amide bonds. The van der Waals surface area contributed by atoms with Crippen molar-refractivity contribution in [3.8, 4) is 0 Å². The highest BCUT2D eigenvalue weighted by atomic mass is 19.1. The number of anilines is 1. The van der Waals surface area contributed by atoms with Crippen LogP contribution in [-0.2, 0) is 17.8 Å². The third kappa shape index (κ3) is 2.85. The topological polar surface area (TPSA) is 72.7 Å². The second-order valence-electron chi connectivity index (χ2n) is 5.10. The maximum atomic E-state index is 14.1. The number of hydrogen-bond donors (Lipinski definition) is 0. The molecule has 0 aromatic heterocycles. The molecule has 7 heteroatoms. The fourth-order valence-electron chi connectivity index (χ4n) is 2.56. The molecule has 2 aromatic carbocycles. The summed E-state index contributed by atoms with van der Waals surface area (Å²) in [6.45, 7) is 0.349. The zero-order valence-corrected chi connectivity index (χ0v) is 12.1. The molecule has 0 radical (unpaired) electrons. The van der Waals surface area contributed by atoms with Crippen LogP contribution in [0.15, 0.2) is 42.5 Å². The largest absolute Gasteiger partial charge is 0.444 e. The lowest BCUT2D eigenvalue weighted by Crippen LogP contribution is -2.29. The van der Waals surface area contributed by atoms with Gasteiger partial charge in [-0.1, -0.05) is 30.3 Å². The van der Waals surface area contributed by atoms with Crippen LogP contribution in [0, 0.1) is 15.9 Å². The molecule has 0 spiro atoms. The Labute approximate surface area is 131 Å². The lowest BCUT2D eigenvalue weighted by molar-refractivity contribution is -0.387. The lowest BCUT2D eigenvalue weighted by atomic mass is 10.1. The summed E-state index contributed by atoms with van der Waals surface area (Å²) in [7, 11) is 0. The van der Waals surface area contributed by atoms with Gasteiger partial charge in [-0.25, -0.2) is 4.79 Å². The zero-order valence-electron chi connectivity index (χ0n) is 12.1. The first-order valence-corrected chi connectivity index (χ1v) is 7.02. The summed E-state index contributed by atoms with van der Waals surface area (Å²) < 4.78 is 19.3. The summed E-state index contributed by atoms with van der Waals surface area (Å²) in [6, 6.07) is 11.6. The standard InChI is InChI=1S/C16H13FN2O4/c17-15-12-8-9-18(13(12)6-7-14(15)19(21)22)16(20)23-10-11-4-2-1-3-5-11/h1-7H,8-10H2. The van der Waals surface area contributed by atoms with E-state index in [1.54, 1.807) is 0 Å². The Morgan fingerprint density at radius 2 is 2.00 bits per heavy atom. The number of nitrogens with zero attached hydrogens (tertiary/aromatic N) is 2. The van der Waals surface area contributed by atoms with E-state index in [1.807, 2.05) is 30.3 Å². The fraction of sp³-hybridized carbons (Fsp3) is 0.188. The number of amides is 1. The second-order valence-corrected chi connectivity index (χ2v) is 5.10. The number of nitro benzene ring substituents is 1. The SMILES string of the molecule is O=C(OCc1ccccc1)N1CCc2c1ccc([N+](=O)[O-])c2F. The van der Waals surface area contributed by atoms with E-state index in [2.05, 4.69) is 0 Å². The molecule has 0 saturated carbocycles. The van der Waals surface area contributed by atoms with Gasteiger partial charge in [-0.15, -0.1) is 0 Å². The summed E-state index contributed by atoms with van der Waals surface area (Å²) in [5.41, 5.74) is 0.764. The van der Waals surface area contributed by atoms with Gasteiger partial charge in [-0.3, -0.25) is 15.0 Å². The number of carbonyl (C=O) groups excluding carboxylic acids is 1. The van der Waals surface area contributed by atoms with Crippen molar-refractivity contribution >= 4 is 17.5 Å². The number of hydrogen-bond acceptors (Lipinski definition) is 4. The predicted molar refractivity (Wildman–Crippen MR) is 80.7 cm³/mol. The van der Waals surface area contributed by atoms with E-state index in [0.29, 0.717) is 5.69 Å². The van der Waals surface area contributed by atoms with Crippen molar-refractivity contribution in [1.29, 1.82) is 0 Å². The molecule has 0 saturated heterocycles. The monoisotopic (exact) mass is 316 g/mol. The second kappa shape index (κ2) is 6.04. The van der Waals surface area contributed by atoms with Crippen molar-refractivity contribution in [2.45, 2.75) is 13.0 Å². The van der Waals surface area contributed by atoms with Crippen LogP contribution in [-0.4, -0.2) is 17.6 Å². The number of benzene rings is 2. The molecule has 118 valence electrons. The van der Waals surface area contributed by atoms with Crippen LogP contribution in [0.3, 0.4) is 0 Å². The number of ether oxygens (including phenoxy) is 1. The van der Waals surface area contributed by atoms with Crippen LogP contribution >= 0.6 is 0 Å². The summed E-state index contributed by atoms with van der Waals surface area (Å²) in [4.78, 5) is 23.4. The van der Waals surface area contributed by atoms with E-state index in [0.717, 1.165) is 11.6 Å². The third-order valence-corrected chi connectivity index (χ3v) is 3.70. The first-order chi connectivity index (χ1) is 11.1. The minimum atomic E-state index is -0.883. The average Bonchev–Trinajstić information content (AvgIpc) is 2.98. The van der Waals surface area contributed by atoms with Crippen molar-refractivity contribution < 1.29 is 18.8 Å². The molecule has 2 aromatic rings. The van der Waals surface area contributed by atoms with Crippen molar-refractivity contribution in [2.75, 3.05) is 11.4 Å². The molecule has 0 atom stereocenters. The highest BCUT2D eigenvalue weighted by Gasteiger charge is 2.31. The molecule has 1 heterocycles. The highest BCUT2D eigenvalue weighted by molar-refractivity contribution is 5.90. The minimum absolute atomic E-state index is 0.112. The van der Waals surface area contributed by atoms with Crippen LogP contribution in [0.25, 0.3) is 0 Å². The first-order valence-electron chi connectivity index (χ1n) is 7.02. The van der Waals surface area contributed by atoms with Gasteiger partial charge in [0.15, 0.2) is 0 Å². The van der Waals surface area contributed by atoms with Crippen molar-refractivity contribution in [2.24, 2.45) is 0 Å². The van der Waals surface area contributed by atoms with Gasteiger partial charge in [-0.2, -0.15) is 4.39 Å². The van der Waals surface area contributed by atoms with Crippen LogP contribution in [0.1, 0.15) is 11.1 Å². The van der Waals surface area contributed by atoms with Crippen LogP contribution < -0.4 is 4.90 Å². The molecule has 0 fully saturated rings. The lowest BCUT2D eigenvalue weighted by Gasteiger charge is -2.17. The molecule has 1 aliphatic rings. The minimum Gasteiger partial charge on any atom is -0.444 e. The van der Waals surface area contributed by atoms with Gasteiger partial charge in [0.05, 0.1) is 10.6 Å². The molecular weight excluding hydrogens is 303 g/mol. The van der Waals surface area contributed by atoms with Gasteiger partial charge in [0.1, 0.15) is 6.61 Å². The van der Waals surface area contributed by atoms with E-state index in [4.69, 9.17) is 4.74 Å². The molecule has 0 unspecified atom stereocenters. The highest BCUT2D eigenvalue weighted by Crippen LogP contribution is 2.35. The number of halogens is 1. The van der Waals surface area contributed by atoms with Gasteiger partial charge >= 0.3 is 11.8 Å². The van der Waals surface area contributed by atoms with Crippen molar-refractivity contribution in [3.63, 3.8) is 0 Å². The Kier molecular flexibility index (Phi) is 3.92. The van der Waals surface area contributed by atoms with Crippen molar-refractivity contribution in [1.82, 2.24) is 0 Å². The van der Waals surface area contributed by atoms with E-state index >= 15 is 0 Å². The molecule has 23 heavy (non-hydrogen) atoms. The predicted octanol–water partition coefficient (Wildman–Crippen LogP) is 3.43. The molecule has 1 aliphatic heterocycles. The normalized spacial score (nSPS) is 12.8. The molecule has 0 N–H and O–H groups in total. The number of fused-ring (bicyclic) bond motifs is 1. The van der Waals surface area contributed by atoms with Crippen LogP contribution in [0.2, 0.25) is 0 Å². The molecular formula is C16H13FN2O4. The van der Waals surface area contributed by atoms with Crippen LogP contribution in [0.5, 0.6) is 0 Å². The third-order valence-electron chi connectivity index (χ3n) is 3.70. The summed E-state index contributed by atoms with van der Waals surface area (Å²) in [5, 5.41) is 10.8. The maximum absolute atomic E-state index is 14.1. The van der Waals surface area contributed by atoms with Crippen LogP contribution in [0.4, 0.5) is 20.6 Å². The van der Waals surface area contributed by atoms with Crippen molar-refractivity contribution in [3.05, 3.63) is 69.5 Å².